The van der Waals surface area contributed by atoms with Crippen LogP contribution >= 0.6 is 0 Å². The molecule has 8 rings (SSSR count). The Balaban J connectivity index is 1.30. The van der Waals surface area contributed by atoms with Crippen molar-refractivity contribution in [1.29, 1.82) is 0 Å². The number of benzene rings is 7. The van der Waals surface area contributed by atoms with Gasteiger partial charge >= 0.3 is 0 Å². The molecule has 0 atom stereocenters. The van der Waals surface area contributed by atoms with E-state index in [1.807, 2.05) is 12.1 Å². The zero-order valence-corrected chi connectivity index (χ0v) is 22.9. The summed E-state index contributed by atoms with van der Waals surface area (Å²) in [4.78, 5) is 2.33. The molecule has 0 amide bonds. The average molecular weight is 538 g/mol. The van der Waals surface area contributed by atoms with E-state index >= 15 is 0 Å². The van der Waals surface area contributed by atoms with Gasteiger partial charge in [0.05, 0.1) is 5.69 Å². The van der Waals surface area contributed by atoms with E-state index in [1.54, 1.807) is 0 Å². The van der Waals surface area contributed by atoms with E-state index in [-0.39, 0.29) is 0 Å². The molecule has 0 aliphatic rings. The second-order valence-corrected chi connectivity index (χ2v) is 10.6. The molecule has 0 radical (unpaired) electrons. The first-order valence-corrected chi connectivity index (χ1v) is 14.3. The first kappa shape index (κ1) is 24.2. The predicted octanol–water partition coefficient (Wildman–Crippen LogP) is 11.5. The molecule has 198 valence electrons. The Morgan fingerprint density at radius 2 is 1.02 bits per heavy atom. The van der Waals surface area contributed by atoms with E-state index in [4.69, 9.17) is 4.42 Å². The molecule has 0 fully saturated rings. The predicted molar refractivity (Wildman–Crippen MR) is 177 cm³/mol. The van der Waals surface area contributed by atoms with Gasteiger partial charge in [-0.15, -0.1) is 0 Å². The number of nitrogens with zero attached hydrogens (tertiary/aromatic N) is 1. The molecule has 0 saturated carbocycles. The maximum absolute atomic E-state index is 6.30. The summed E-state index contributed by atoms with van der Waals surface area (Å²) >= 11 is 0. The molecule has 2 nitrogen and oxygen atoms in total. The van der Waals surface area contributed by atoms with Crippen molar-refractivity contribution in [3.63, 3.8) is 0 Å². The van der Waals surface area contributed by atoms with Crippen LogP contribution in [0, 0.1) is 0 Å². The van der Waals surface area contributed by atoms with Crippen LogP contribution in [0.15, 0.2) is 168 Å². The van der Waals surface area contributed by atoms with E-state index in [0.717, 1.165) is 44.6 Å². The zero-order chi connectivity index (χ0) is 27.9. The maximum atomic E-state index is 6.30. The standard InChI is InChI=1S/C40H27NO/c1-2-16-31(17-3-1)41(32-24-25-37-36-20-7-9-23-39(36)42-40(37)27-32)38-22-8-6-19-35(38)30-15-10-14-29(26-30)34-21-11-13-28-12-4-5-18-33(28)34/h1-27H. The molecule has 42 heavy (non-hydrogen) atoms. The van der Waals surface area contributed by atoms with Gasteiger partial charge < -0.3 is 9.32 Å². The Bertz CT molecular complexity index is 2200. The van der Waals surface area contributed by atoms with E-state index in [0.29, 0.717) is 0 Å². The van der Waals surface area contributed by atoms with Gasteiger partial charge in [-0.25, -0.2) is 0 Å². The number of para-hydroxylation sites is 3. The molecule has 2 heteroatoms. The van der Waals surface area contributed by atoms with Crippen LogP contribution in [-0.4, -0.2) is 0 Å². The van der Waals surface area contributed by atoms with Crippen LogP contribution in [0.3, 0.4) is 0 Å². The summed E-state index contributed by atoms with van der Waals surface area (Å²) in [5.41, 5.74) is 9.79. The quantitative estimate of drug-likeness (QED) is 0.217. The van der Waals surface area contributed by atoms with Gasteiger partial charge in [-0.2, -0.15) is 0 Å². The summed E-state index contributed by atoms with van der Waals surface area (Å²) in [6.45, 7) is 0. The van der Waals surface area contributed by atoms with Gasteiger partial charge in [0.2, 0.25) is 0 Å². The minimum Gasteiger partial charge on any atom is -0.456 e. The zero-order valence-electron chi connectivity index (χ0n) is 22.9. The lowest BCUT2D eigenvalue weighted by atomic mass is 9.94. The van der Waals surface area contributed by atoms with E-state index in [2.05, 4.69) is 157 Å². The molecule has 1 aromatic heterocycles. The summed E-state index contributed by atoms with van der Waals surface area (Å²) in [7, 11) is 0. The van der Waals surface area contributed by atoms with Crippen LogP contribution in [-0.2, 0) is 0 Å². The Hall–Kier alpha value is -5.60. The van der Waals surface area contributed by atoms with Crippen LogP contribution in [0.5, 0.6) is 0 Å². The van der Waals surface area contributed by atoms with Crippen LogP contribution in [0.2, 0.25) is 0 Å². The number of hydrogen-bond donors (Lipinski definition) is 0. The smallest absolute Gasteiger partial charge is 0.137 e. The van der Waals surface area contributed by atoms with Crippen LogP contribution in [0.4, 0.5) is 17.1 Å². The summed E-state index contributed by atoms with van der Waals surface area (Å²) < 4.78 is 6.30. The minimum absolute atomic E-state index is 0.880. The first-order valence-electron chi connectivity index (χ1n) is 14.3. The molecule has 0 unspecified atom stereocenters. The van der Waals surface area contributed by atoms with Crippen molar-refractivity contribution in [3.05, 3.63) is 164 Å². The summed E-state index contributed by atoms with van der Waals surface area (Å²) in [5, 5.41) is 4.77. The number of hydrogen-bond acceptors (Lipinski definition) is 2. The van der Waals surface area contributed by atoms with Crippen molar-refractivity contribution in [2.45, 2.75) is 0 Å². The third-order valence-corrected chi connectivity index (χ3v) is 8.05. The molecule has 0 aliphatic carbocycles. The van der Waals surface area contributed by atoms with Crippen LogP contribution in [0.25, 0.3) is 55.0 Å². The maximum Gasteiger partial charge on any atom is 0.137 e. The van der Waals surface area contributed by atoms with Crippen molar-refractivity contribution in [2.75, 3.05) is 4.90 Å². The minimum atomic E-state index is 0.880. The highest BCUT2D eigenvalue weighted by Crippen LogP contribution is 2.43. The molecule has 0 N–H and O–H groups in total. The van der Waals surface area contributed by atoms with Gasteiger partial charge in [0, 0.05) is 33.8 Å². The largest absolute Gasteiger partial charge is 0.456 e. The fourth-order valence-corrected chi connectivity index (χ4v) is 6.10. The van der Waals surface area contributed by atoms with Crippen molar-refractivity contribution in [3.8, 4) is 22.3 Å². The third-order valence-electron chi connectivity index (χ3n) is 8.05. The normalized spacial score (nSPS) is 11.3. The molecule has 1 heterocycles. The highest BCUT2D eigenvalue weighted by atomic mass is 16.3. The Morgan fingerprint density at radius 1 is 0.381 bits per heavy atom. The highest BCUT2D eigenvalue weighted by molar-refractivity contribution is 6.06. The summed E-state index contributed by atoms with van der Waals surface area (Å²) in [6, 6.07) is 58.0. The number of rotatable bonds is 5. The van der Waals surface area contributed by atoms with Gasteiger partial charge in [0.1, 0.15) is 11.2 Å². The lowest BCUT2D eigenvalue weighted by Gasteiger charge is -2.28. The van der Waals surface area contributed by atoms with Gasteiger partial charge in [0.25, 0.3) is 0 Å². The van der Waals surface area contributed by atoms with E-state index in [1.165, 1.54) is 27.5 Å². The molecule has 0 bridgehead atoms. The SMILES string of the molecule is c1ccc(N(c2ccc3c(c2)oc2ccccc23)c2ccccc2-c2cccc(-c3cccc4ccccc34)c2)cc1. The Labute approximate surface area is 244 Å². The lowest BCUT2D eigenvalue weighted by molar-refractivity contribution is 0.669. The fraction of sp³-hybridized carbons (Fsp3) is 0. The van der Waals surface area contributed by atoms with Gasteiger partial charge in [-0.05, 0) is 69.9 Å². The molecular weight excluding hydrogens is 510 g/mol. The fourth-order valence-electron chi connectivity index (χ4n) is 6.10. The second-order valence-electron chi connectivity index (χ2n) is 10.6. The number of fused-ring (bicyclic) bond motifs is 4. The van der Waals surface area contributed by atoms with E-state index in [9.17, 15) is 0 Å². The van der Waals surface area contributed by atoms with Gasteiger partial charge in [-0.3, -0.25) is 0 Å². The molecule has 7 aromatic carbocycles. The van der Waals surface area contributed by atoms with Gasteiger partial charge in [0.15, 0.2) is 0 Å². The van der Waals surface area contributed by atoms with Crippen LogP contribution < -0.4 is 4.90 Å². The number of furan rings is 1. The average Bonchev–Trinajstić information content (AvgIpc) is 3.43. The topological polar surface area (TPSA) is 16.4 Å². The second kappa shape index (κ2) is 10.1. The summed E-state index contributed by atoms with van der Waals surface area (Å²) in [6.07, 6.45) is 0. The van der Waals surface area contributed by atoms with Crippen molar-refractivity contribution >= 4 is 49.8 Å². The summed E-state index contributed by atoms with van der Waals surface area (Å²) in [5.74, 6) is 0. The highest BCUT2D eigenvalue weighted by Gasteiger charge is 2.19. The molecular formula is C40H27NO. The van der Waals surface area contributed by atoms with Crippen molar-refractivity contribution < 1.29 is 4.42 Å². The first-order chi connectivity index (χ1) is 20.8. The Kier molecular flexibility index (Phi) is 5.82. The molecule has 0 saturated heterocycles. The van der Waals surface area contributed by atoms with Gasteiger partial charge in [-0.1, -0.05) is 115 Å². The van der Waals surface area contributed by atoms with Crippen molar-refractivity contribution in [1.82, 2.24) is 0 Å². The number of anilines is 3. The van der Waals surface area contributed by atoms with E-state index < -0.39 is 0 Å². The van der Waals surface area contributed by atoms with Crippen LogP contribution in [0.1, 0.15) is 0 Å². The molecule has 8 aromatic rings. The molecule has 0 spiro atoms. The Morgan fingerprint density at radius 3 is 1.93 bits per heavy atom. The molecule has 0 aliphatic heterocycles. The lowest BCUT2D eigenvalue weighted by Crippen LogP contribution is -2.11. The monoisotopic (exact) mass is 537 g/mol. The third kappa shape index (κ3) is 4.13. The van der Waals surface area contributed by atoms with Crippen molar-refractivity contribution in [2.24, 2.45) is 0 Å².